The van der Waals surface area contributed by atoms with Crippen molar-refractivity contribution in [1.29, 1.82) is 0 Å². The third-order valence-electron chi connectivity index (χ3n) is 2.53. The molecule has 0 saturated heterocycles. The molecular weight excluding hydrogens is 192 g/mol. The number of carbonyl (C=O) groups is 1. The number of aldehydes is 1. The molecule has 1 heterocycles. The normalized spacial score (nSPS) is 13.1. The van der Waals surface area contributed by atoms with Gasteiger partial charge in [0.25, 0.3) is 0 Å². The van der Waals surface area contributed by atoms with E-state index in [1.807, 2.05) is 24.3 Å². The molecule has 15 heavy (non-hydrogen) atoms. The largest absolute Gasteiger partial charge is 0.454 e. The predicted octanol–water partition coefficient (Wildman–Crippen LogP) is 2.38. The van der Waals surface area contributed by atoms with Crippen LogP contribution >= 0.6 is 0 Å². The summed E-state index contributed by atoms with van der Waals surface area (Å²) in [5, 5.41) is 1.89. The van der Waals surface area contributed by atoms with Gasteiger partial charge in [-0.2, -0.15) is 0 Å². The van der Waals surface area contributed by atoms with Crippen LogP contribution in [0.4, 0.5) is 0 Å². The second-order valence-electron chi connectivity index (χ2n) is 3.39. The predicted molar refractivity (Wildman–Crippen MR) is 55.5 cm³/mol. The van der Waals surface area contributed by atoms with Gasteiger partial charge in [0, 0.05) is 5.56 Å². The van der Waals surface area contributed by atoms with Crippen LogP contribution in [0.2, 0.25) is 0 Å². The molecule has 2 aromatic carbocycles. The molecule has 0 bridgehead atoms. The summed E-state index contributed by atoms with van der Waals surface area (Å²) in [7, 11) is 0. The lowest BCUT2D eigenvalue weighted by atomic mass is 10.0. The number of hydrogen-bond acceptors (Lipinski definition) is 3. The van der Waals surface area contributed by atoms with Crippen molar-refractivity contribution in [3.05, 3.63) is 35.9 Å². The minimum Gasteiger partial charge on any atom is -0.454 e. The van der Waals surface area contributed by atoms with E-state index < -0.39 is 0 Å². The third-order valence-corrected chi connectivity index (χ3v) is 2.53. The first kappa shape index (κ1) is 8.29. The Morgan fingerprint density at radius 2 is 1.93 bits per heavy atom. The average Bonchev–Trinajstić information content (AvgIpc) is 2.72. The molecule has 0 unspecified atom stereocenters. The van der Waals surface area contributed by atoms with Crippen LogP contribution in [0.15, 0.2) is 30.3 Å². The number of rotatable bonds is 1. The Balaban J connectivity index is 2.37. The van der Waals surface area contributed by atoms with Crippen molar-refractivity contribution in [2.45, 2.75) is 0 Å². The van der Waals surface area contributed by atoms with Crippen molar-refractivity contribution < 1.29 is 14.3 Å². The Kier molecular flexibility index (Phi) is 1.65. The van der Waals surface area contributed by atoms with E-state index in [0.717, 1.165) is 22.8 Å². The standard InChI is InChI=1S/C12H8O3/c13-6-9-3-1-2-8-4-11-12(5-10(8)9)15-7-14-11/h1-6H,7H2. The van der Waals surface area contributed by atoms with Crippen molar-refractivity contribution in [3.63, 3.8) is 0 Å². The van der Waals surface area contributed by atoms with Gasteiger partial charge in [0.15, 0.2) is 17.8 Å². The van der Waals surface area contributed by atoms with Gasteiger partial charge in [-0.15, -0.1) is 0 Å². The Hall–Kier alpha value is -2.03. The van der Waals surface area contributed by atoms with Gasteiger partial charge in [0.05, 0.1) is 0 Å². The molecule has 3 rings (SSSR count). The van der Waals surface area contributed by atoms with Crippen LogP contribution in [0.1, 0.15) is 10.4 Å². The van der Waals surface area contributed by atoms with E-state index >= 15 is 0 Å². The Morgan fingerprint density at radius 3 is 2.73 bits per heavy atom. The monoisotopic (exact) mass is 200 g/mol. The smallest absolute Gasteiger partial charge is 0.231 e. The topological polar surface area (TPSA) is 35.5 Å². The van der Waals surface area contributed by atoms with E-state index in [0.29, 0.717) is 11.3 Å². The highest BCUT2D eigenvalue weighted by atomic mass is 16.7. The fraction of sp³-hybridized carbons (Fsp3) is 0.0833. The molecule has 0 spiro atoms. The highest BCUT2D eigenvalue weighted by Gasteiger charge is 2.14. The Labute approximate surface area is 86.2 Å². The molecule has 0 amide bonds. The number of hydrogen-bond donors (Lipinski definition) is 0. The molecule has 74 valence electrons. The molecule has 0 aromatic heterocycles. The van der Waals surface area contributed by atoms with Crippen LogP contribution in [0.5, 0.6) is 11.5 Å². The lowest BCUT2D eigenvalue weighted by Crippen LogP contribution is -1.92. The van der Waals surface area contributed by atoms with E-state index in [1.54, 1.807) is 6.07 Å². The molecule has 1 aliphatic heterocycles. The molecule has 0 N–H and O–H groups in total. The van der Waals surface area contributed by atoms with Gasteiger partial charge in [-0.1, -0.05) is 18.2 Å². The van der Waals surface area contributed by atoms with E-state index in [-0.39, 0.29) is 6.79 Å². The highest BCUT2D eigenvalue weighted by molar-refractivity contribution is 5.99. The summed E-state index contributed by atoms with van der Waals surface area (Å²) in [6.45, 7) is 0.252. The van der Waals surface area contributed by atoms with Crippen molar-refractivity contribution in [2.75, 3.05) is 6.79 Å². The number of ether oxygens (including phenoxy) is 2. The Bertz CT molecular complexity index is 546. The second kappa shape index (κ2) is 2.98. The molecule has 3 heteroatoms. The van der Waals surface area contributed by atoms with Crippen molar-refractivity contribution >= 4 is 17.1 Å². The number of fused-ring (bicyclic) bond motifs is 2. The van der Waals surface area contributed by atoms with Gasteiger partial charge in [0.2, 0.25) is 6.79 Å². The van der Waals surface area contributed by atoms with Gasteiger partial charge in [-0.05, 0) is 22.9 Å². The minimum absolute atomic E-state index is 0.252. The van der Waals surface area contributed by atoms with Gasteiger partial charge >= 0.3 is 0 Å². The number of carbonyl (C=O) groups excluding carboxylic acids is 1. The van der Waals surface area contributed by atoms with Crippen LogP contribution in [0, 0.1) is 0 Å². The molecule has 0 radical (unpaired) electrons. The summed E-state index contributed by atoms with van der Waals surface area (Å²) in [5.74, 6) is 1.45. The van der Waals surface area contributed by atoms with Gasteiger partial charge in [0.1, 0.15) is 0 Å². The molecule has 1 aliphatic rings. The molecule has 0 saturated carbocycles. The molecule has 2 aromatic rings. The second-order valence-corrected chi connectivity index (χ2v) is 3.39. The van der Waals surface area contributed by atoms with Crippen molar-refractivity contribution in [3.8, 4) is 11.5 Å². The zero-order valence-electron chi connectivity index (χ0n) is 7.90. The fourth-order valence-corrected chi connectivity index (χ4v) is 1.79. The fourth-order valence-electron chi connectivity index (χ4n) is 1.79. The van der Waals surface area contributed by atoms with Crippen LogP contribution in [-0.2, 0) is 0 Å². The summed E-state index contributed by atoms with van der Waals surface area (Å²) in [4.78, 5) is 10.8. The zero-order chi connectivity index (χ0) is 10.3. The number of benzene rings is 2. The van der Waals surface area contributed by atoms with E-state index in [1.165, 1.54) is 0 Å². The minimum atomic E-state index is 0.252. The zero-order valence-corrected chi connectivity index (χ0v) is 7.90. The lowest BCUT2D eigenvalue weighted by molar-refractivity contribution is 0.112. The third kappa shape index (κ3) is 1.16. The summed E-state index contributed by atoms with van der Waals surface area (Å²) in [6, 6.07) is 9.34. The maximum atomic E-state index is 10.8. The van der Waals surface area contributed by atoms with Crippen LogP contribution in [0.3, 0.4) is 0 Å². The van der Waals surface area contributed by atoms with Crippen LogP contribution in [0.25, 0.3) is 10.8 Å². The van der Waals surface area contributed by atoms with E-state index in [9.17, 15) is 4.79 Å². The van der Waals surface area contributed by atoms with Crippen molar-refractivity contribution in [2.24, 2.45) is 0 Å². The Morgan fingerprint density at radius 1 is 1.13 bits per heavy atom. The van der Waals surface area contributed by atoms with Crippen LogP contribution < -0.4 is 9.47 Å². The maximum absolute atomic E-state index is 10.8. The molecule has 3 nitrogen and oxygen atoms in total. The highest BCUT2D eigenvalue weighted by Crippen LogP contribution is 2.36. The van der Waals surface area contributed by atoms with E-state index in [4.69, 9.17) is 9.47 Å². The molecule has 0 fully saturated rings. The lowest BCUT2D eigenvalue weighted by Gasteiger charge is -2.02. The van der Waals surface area contributed by atoms with Crippen molar-refractivity contribution in [1.82, 2.24) is 0 Å². The quantitative estimate of drug-likeness (QED) is 0.663. The molecular formula is C12H8O3. The average molecular weight is 200 g/mol. The maximum Gasteiger partial charge on any atom is 0.231 e. The van der Waals surface area contributed by atoms with Gasteiger partial charge < -0.3 is 9.47 Å². The first-order valence-electron chi connectivity index (χ1n) is 4.66. The van der Waals surface area contributed by atoms with E-state index in [2.05, 4.69) is 0 Å². The molecule has 0 aliphatic carbocycles. The molecule has 0 atom stereocenters. The first-order chi connectivity index (χ1) is 7.38. The van der Waals surface area contributed by atoms with Gasteiger partial charge in [-0.3, -0.25) is 4.79 Å². The summed E-state index contributed by atoms with van der Waals surface area (Å²) >= 11 is 0. The summed E-state index contributed by atoms with van der Waals surface area (Å²) < 4.78 is 10.5. The van der Waals surface area contributed by atoms with Gasteiger partial charge in [-0.25, -0.2) is 0 Å². The summed E-state index contributed by atoms with van der Waals surface area (Å²) in [5.41, 5.74) is 0.672. The summed E-state index contributed by atoms with van der Waals surface area (Å²) in [6.07, 6.45) is 0.852. The first-order valence-corrected chi connectivity index (χ1v) is 4.66. The van der Waals surface area contributed by atoms with Crippen LogP contribution in [-0.4, -0.2) is 13.1 Å². The SMILES string of the molecule is O=Cc1cccc2cc3c(cc12)OCO3.